The van der Waals surface area contributed by atoms with Gasteiger partial charge in [-0.25, -0.2) is 8.42 Å². The van der Waals surface area contributed by atoms with Gasteiger partial charge in [-0.15, -0.1) is 0 Å². The first-order chi connectivity index (χ1) is 13.7. The van der Waals surface area contributed by atoms with Crippen LogP contribution in [0.5, 0.6) is 0 Å². The fourth-order valence-electron chi connectivity index (χ4n) is 2.10. The number of ether oxygens (including phenoxy) is 1. The van der Waals surface area contributed by atoms with E-state index in [1.807, 2.05) is 0 Å². The van der Waals surface area contributed by atoms with Crippen LogP contribution in [0.2, 0.25) is 0 Å². The van der Waals surface area contributed by atoms with Crippen molar-refractivity contribution < 1.29 is 49.1 Å². The highest BCUT2D eigenvalue weighted by molar-refractivity contribution is 7.89. The SMILES string of the molecule is O=C(CNS(=O)(=O)c1cc(C(F)(F)F)cc(C(F)(F)F)c1)OCC(=O)c1ccc[nH]1. The summed E-state index contributed by atoms with van der Waals surface area (Å²) in [5.41, 5.74) is -3.57. The number of rotatable bonds is 7. The summed E-state index contributed by atoms with van der Waals surface area (Å²) in [7, 11) is -4.94. The number of esters is 1. The van der Waals surface area contributed by atoms with E-state index in [4.69, 9.17) is 0 Å². The second-order valence-electron chi connectivity index (χ2n) is 5.73. The van der Waals surface area contributed by atoms with Crippen LogP contribution >= 0.6 is 0 Å². The lowest BCUT2D eigenvalue weighted by Crippen LogP contribution is -2.32. The van der Waals surface area contributed by atoms with Crippen LogP contribution in [0.4, 0.5) is 26.3 Å². The summed E-state index contributed by atoms with van der Waals surface area (Å²) in [4.78, 5) is 24.4. The lowest BCUT2D eigenvalue weighted by atomic mass is 10.1. The number of benzene rings is 1. The molecule has 0 unspecified atom stereocenters. The van der Waals surface area contributed by atoms with E-state index in [1.54, 1.807) is 0 Å². The molecule has 14 heteroatoms. The Balaban J connectivity index is 2.12. The third-order valence-electron chi connectivity index (χ3n) is 3.54. The molecule has 0 radical (unpaired) electrons. The zero-order valence-electron chi connectivity index (χ0n) is 14.6. The largest absolute Gasteiger partial charge is 0.456 e. The summed E-state index contributed by atoms with van der Waals surface area (Å²) in [5, 5.41) is 0. The van der Waals surface area contributed by atoms with Gasteiger partial charge >= 0.3 is 18.3 Å². The van der Waals surface area contributed by atoms with Crippen molar-refractivity contribution in [3.8, 4) is 0 Å². The van der Waals surface area contributed by atoms with Gasteiger partial charge in [0.1, 0.15) is 6.54 Å². The highest BCUT2D eigenvalue weighted by atomic mass is 32.2. The maximum Gasteiger partial charge on any atom is 0.416 e. The Hall–Kier alpha value is -2.87. The molecule has 0 saturated carbocycles. The van der Waals surface area contributed by atoms with Gasteiger partial charge in [-0.05, 0) is 30.3 Å². The number of hydrogen-bond donors (Lipinski definition) is 2. The predicted molar refractivity (Wildman–Crippen MR) is 87.7 cm³/mol. The molecule has 164 valence electrons. The number of halogens is 6. The summed E-state index contributed by atoms with van der Waals surface area (Å²) >= 11 is 0. The summed E-state index contributed by atoms with van der Waals surface area (Å²) in [6, 6.07) is 2.63. The number of nitrogens with one attached hydrogen (secondary N) is 2. The number of carbonyl (C=O) groups excluding carboxylic acids is 2. The van der Waals surface area contributed by atoms with E-state index in [9.17, 15) is 44.3 Å². The molecule has 1 heterocycles. The van der Waals surface area contributed by atoms with Gasteiger partial charge in [0, 0.05) is 6.20 Å². The second-order valence-corrected chi connectivity index (χ2v) is 7.50. The smallest absolute Gasteiger partial charge is 0.416 e. The lowest BCUT2D eigenvalue weighted by Gasteiger charge is -2.14. The van der Waals surface area contributed by atoms with E-state index in [0.29, 0.717) is 0 Å². The molecule has 30 heavy (non-hydrogen) atoms. The van der Waals surface area contributed by atoms with Crippen molar-refractivity contribution >= 4 is 21.8 Å². The fourth-order valence-corrected chi connectivity index (χ4v) is 3.14. The average Bonchev–Trinajstić information content (AvgIpc) is 3.17. The van der Waals surface area contributed by atoms with E-state index in [-0.39, 0.29) is 23.9 Å². The van der Waals surface area contributed by atoms with Crippen LogP contribution in [0.1, 0.15) is 21.6 Å². The molecule has 1 aromatic carbocycles. The third-order valence-corrected chi connectivity index (χ3v) is 4.92. The molecule has 0 atom stereocenters. The Kier molecular flexibility index (Phi) is 6.61. The number of sulfonamides is 1. The molecule has 0 aliphatic rings. The van der Waals surface area contributed by atoms with Crippen LogP contribution in [0, 0.1) is 0 Å². The Morgan fingerprint density at radius 3 is 2.03 bits per heavy atom. The number of aromatic nitrogens is 1. The summed E-state index contributed by atoms with van der Waals surface area (Å²) in [6.45, 7) is -1.89. The first-order valence-corrected chi connectivity index (χ1v) is 9.30. The molecule has 2 rings (SSSR count). The van der Waals surface area contributed by atoms with Crippen molar-refractivity contribution in [2.45, 2.75) is 17.2 Å². The summed E-state index contributed by atoms with van der Waals surface area (Å²) < 4.78 is 107. The van der Waals surface area contributed by atoms with Gasteiger partial charge in [0.2, 0.25) is 15.8 Å². The predicted octanol–water partition coefficient (Wildman–Crippen LogP) is 2.76. The molecular weight excluding hydrogens is 446 g/mol. The van der Waals surface area contributed by atoms with Crippen molar-refractivity contribution in [3.05, 3.63) is 53.3 Å². The third kappa shape index (κ3) is 6.06. The van der Waals surface area contributed by atoms with Gasteiger partial charge in [0.05, 0.1) is 21.7 Å². The van der Waals surface area contributed by atoms with Gasteiger partial charge in [-0.3, -0.25) is 9.59 Å². The Morgan fingerprint density at radius 2 is 1.57 bits per heavy atom. The molecule has 7 nitrogen and oxygen atoms in total. The molecule has 0 fully saturated rings. The zero-order valence-corrected chi connectivity index (χ0v) is 15.4. The van der Waals surface area contributed by atoms with Gasteiger partial charge in [0.25, 0.3) is 0 Å². The lowest BCUT2D eigenvalue weighted by molar-refractivity contribution is -0.143. The molecule has 0 aliphatic carbocycles. The first kappa shape index (κ1) is 23.4. The normalized spacial score (nSPS) is 12.6. The van der Waals surface area contributed by atoms with Gasteiger partial charge in [-0.2, -0.15) is 31.1 Å². The Labute approximate surface area is 165 Å². The second kappa shape index (κ2) is 8.47. The van der Waals surface area contributed by atoms with Crippen molar-refractivity contribution in [1.82, 2.24) is 9.71 Å². The number of H-pyrrole nitrogens is 1. The highest BCUT2D eigenvalue weighted by Gasteiger charge is 2.38. The van der Waals surface area contributed by atoms with Crippen LogP contribution < -0.4 is 4.72 Å². The van der Waals surface area contributed by atoms with Crippen LogP contribution in [0.3, 0.4) is 0 Å². The maximum absolute atomic E-state index is 12.8. The molecule has 0 aliphatic heterocycles. The summed E-state index contributed by atoms with van der Waals surface area (Å²) in [6.07, 6.45) is -9.07. The molecule has 0 bridgehead atoms. The molecule has 2 aromatic rings. The molecule has 0 spiro atoms. The highest BCUT2D eigenvalue weighted by Crippen LogP contribution is 2.37. The quantitative estimate of drug-likeness (QED) is 0.377. The molecule has 2 N–H and O–H groups in total. The van der Waals surface area contributed by atoms with E-state index in [1.165, 1.54) is 23.1 Å². The minimum atomic E-state index is -5.25. The standard InChI is InChI=1S/C16H12F6N2O5S/c17-15(18,19)9-4-10(16(20,21)22)6-11(5-9)30(27,28)24-7-14(26)29-8-13(25)12-2-1-3-23-12/h1-6,23-24H,7-8H2. The maximum atomic E-state index is 12.8. The van der Waals surface area contributed by atoms with Crippen LogP contribution in [0.15, 0.2) is 41.4 Å². The van der Waals surface area contributed by atoms with Crippen molar-refractivity contribution in [1.29, 1.82) is 0 Å². The number of carbonyl (C=O) groups is 2. The number of aromatic amines is 1. The van der Waals surface area contributed by atoms with Crippen molar-refractivity contribution in [2.75, 3.05) is 13.2 Å². The minimum Gasteiger partial charge on any atom is -0.456 e. The van der Waals surface area contributed by atoms with Gasteiger partial charge in [-0.1, -0.05) is 0 Å². The monoisotopic (exact) mass is 458 g/mol. The number of hydrogen-bond acceptors (Lipinski definition) is 5. The van der Waals surface area contributed by atoms with E-state index >= 15 is 0 Å². The summed E-state index contributed by atoms with van der Waals surface area (Å²) in [5.74, 6) is -1.93. The van der Waals surface area contributed by atoms with Crippen molar-refractivity contribution in [3.63, 3.8) is 0 Å². The number of ketones is 1. The van der Waals surface area contributed by atoms with Crippen molar-refractivity contribution in [2.24, 2.45) is 0 Å². The number of alkyl halides is 6. The first-order valence-electron chi connectivity index (χ1n) is 7.81. The van der Waals surface area contributed by atoms with E-state index in [0.717, 1.165) is 0 Å². The molecular formula is C16H12F6N2O5S. The Bertz CT molecular complexity index is 997. The molecule has 0 saturated heterocycles. The van der Waals surface area contributed by atoms with E-state index < -0.39 is 63.3 Å². The van der Waals surface area contributed by atoms with Gasteiger partial charge in [0.15, 0.2) is 6.61 Å². The zero-order chi connectivity index (χ0) is 22.7. The average molecular weight is 458 g/mol. The number of Topliss-reactive ketones (excluding diaryl/α,β-unsaturated/α-hetero) is 1. The minimum absolute atomic E-state index is 0.00231. The molecule has 0 amide bonds. The fraction of sp³-hybridized carbons (Fsp3) is 0.250. The van der Waals surface area contributed by atoms with Crippen LogP contribution in [-0.4, -0.2) is 38.3 Å². The Morgan fingerprint density at radius 1 is 1.00 bits per heavy atom. The van der Waals surface area contributed by atoms with Crippen LogP contribution in [-0.2, 0) is 31.9 Å². The topological polar surface area (TPSA) is 105 Å². The van der Waals surface area contributed by atoms with Gasteiger partial charge < -0.3 is 9.72 Å². The van der Waals surface area contributed by atoms with Crippen LogP contribution in [0.25, 0.3) is 0 Å². The molecule has 1 aromatic heterocycles. The van der Waals surface area contributed by atoms with E-state index in [2.05, 4.69) is 9.72 Å².